The standard InChI is InChI=1S/C24H29N3O2/c1-2-25(18-19-6-4-3-5-7-19)23(28)21-10-12-22(13-11-21)26-14-16-27(17-15-26)24(29)20-8-9-20/h3-7,10-13,20H,2,8-9,14-18H2,1H3. The molecule has 0 atom stereocenters. The molecule has 2 aliphatic rings. The Bertz CT molecular complexity index is 838. The number of amides is 2. The first-order valence-electron chi connectivity index (χ1n) is 10.6. The number of benzene rings is 2. The van der Waals surface area contributed by atoms with Gasteiger partial charge in [0.15, 0.2) is 0 Å². The molecule has 0 N–H and O–H groups in total. The van der Waals surface area contributed by atoms with Crippen LogP contribution in [0.4, 0.5) is 5.69 Å². The zero-order valence-electron chi connectivity index (χ0n) is 17.1. The van der Waals surface area contributed by atoms with Gasteiger partial charge in [-0.05, 0) is 49.6 Å². The average Bonchev–Trinajstić information content (AvgIpc) is 3.63. The van der Waals surface area contributed by atoms with Crippen LogP contribution in [-0.4, -0.2) is 54.3 Å². The third-order valence-electron chi connectivity index (χ3n) is 5.88. The second-order valence-electron chi connectivity index (χ2n) is 7.94. The molecule has 4 rings (SSSR count). The fraction of sp³-hybridized carbons (Fsp3) is 0.417. The highest BCUT2D eigenvalue weighted by Gasteiger charge is 2.34. The molecule has 0 unspecified atom stereocenters. The summed E-state index contributed by atoms with van der Waals surface area (Å²) in [5.74, 6) is 0.690. The maximum Gasteiger partial charge on any atom is 0.254 e. The zero-order valence-corrected chi connectivity index (χ0v) is 17.1. The van der Waals surface area contributed by atoms with Crippen LogP contribution in [0.5, 0.6) is 0 Å². The van der Waals surface area contributed by atoms with Crippen LogP contribution in [0.15, 0.2) is 54.6 Å². The molecular weight excluding hydrogens is 362 g/mol. The molecule has 1 heterocycles. The third-order valence-corrected chi connectivity index (χ3v) is 5.88. The van der Waals surface area contributed by atoms with Gasteiger partial charge in [0.25, 0.3) is 5.91 Å². The highest BCUT2D eigenvalue weighted by molar-refractivity contribution is 5.94. The average molecular weight is 392 g/mol. The maximum atomic E-state index is 12.9. The summed E-state index contributed by atoms with van der Waals surface area (Å²) in [6, 6.07) is 18.0. The van der Waals surface area contributed by atoms with Gasteiger partial charge in [0.05, 0.1) is 0 Å². The maximum absolute atomic E-state index is 12.9. The van der Waals surface area contributed by atoms with Gasteiger partial charge in [0.2, 0.25) is 5.91 Å². The molecule has 152 valence electrons. The van der Waals surface area contributed by atoms with Crippen LogP contribution in [0.2, 0.25) is 0 Å². The smallest absolute Gasteiger partial charge is 0.254 e. The van der Waals surface area contributed by atoms with Crippen molar-refractivity contribution in [1.29, 1.82) is 0 Å². The van der Waals surface area contributed by atoms with E-state index < -0.39 is 0 Å². The van der Waals surface area contributed by atoms with Crippen LogP contribution >= 0.6 is 0 Å². The van der Waals surface area contributed by atoms with Gasteiger partial charge in [0.1, 0.15) is 0 Å². The third kappa shape index (κ3) is 4.61. The van der Waals surface area contributed by atoms with E-state index in [9.17, 15) is 9.59 Å². The van der Waals surface area contributed by atoms with E-state index >= 15 is 0 Å². The molecule has 2 amide bonds. The number of hydrogen-bond acceptors (Lipinski definition) is 3. The summed E-state index contributed by atoms with van der Waals surface area (Å²) in [5.41, 5.74) is 2.97. The molecule has 5 nitrogen and oxygen atoms in total. The minimum Gasteiger partial charge on any atom is -0.368 e. The molecule has 2 aromatic carbocycles. The van der Waals surface area contributed by atoms with E-state index in [1.165, 1.54) is 0 Å². The van der Waals surface area contributed by atoms with Crippen LogP contribution in [0.3, 0.4) is 0 Å². The van der Waals surface area contributed by atoms with E-state index in [-0.39, 0.29) is 5.91 Å². The first-order valence-corrected chi connectivity index (χ1v) is 10.6. The molecule has 0 radical (unpaired) electrons. The van der Waals surface area contributed by atoms with Gasteiger partial charge in [-0.15, -0.1) is 0 Å². The van der Waals surface area contributed by atoms with E-state index in [1.807, 2.05) is 71.3 Å². The van der Waals surface area contributed by atoms with E-state index in [0.29, 0.717) is 30.5 Å². The molecule has 29 heavy (non-hydrogen) atoms. The minimum atomic E-state index is 0.0581. The van der Waals surface area contributed by atoms with Gasteiger partial charge < -0.3 is 14.7 Å². The summed E-state index contributed by atoms with van der Waals surface area (Å²) in [7, 11) is 0. The Morgan fingerprint density at radius 2 is 1.59 bits per heavy atom. The van der Waals surface area contributed by atoms with Crippen LogP contribution < -0.4 is 4.90 Å². The lowest BCUT2D eigenvalue weighted by atomic mass is 10.1. The van der Waals surface area contributed by atoms with Gasteiger partial charge in [-0.25, -0.2) is 0 Å². The number of anilines is 1. The molecule has 1 aliphatic heterocycles. The number of rotatable bonds is 6. The molecular formula is C24H29N3O2. The van der Waals surface area contributed by atoms with Crippen LogP contribution in [0, 0.1) is 5.92 Å². The number of nitrogens with zero attached hydrogens (tertiary/aromatic N) is 3. The largest absolute Gasteiger partial charge is 0.368 e. The Kier molecular flexibility index (Phi) is 5.84. The van der Waals surface area contributed by atoms with Gasteiger partial charge in [0, 0.05) is 56.4 Å². The molecule has 2 aromatic rings. The van der Waals surface area contributed by atoms with E-state index in [1.54, 1.807) is 0 Å². The first-order chi connectivity index (χ1) is 14.2. The molecule has 1 saturated carbocycles. The highest BCUT2D eigenvalue weighted by atomic mass is 16.2. The second-order valence-corrected chi connectivity index (χ2v) is 7.94. The summed E-state index contributed by atoms with van der Waals surface area (Å²) in [6.07, 6.45) is 2.13. The summed E-state index contributed by atoms with van der Waals surface area (Å²) in [5, 5.41) is 0. The van der Waals surface area contributed by atoms with Crippen molar-refractivity contribution >= 4 is 17.5 Å². The normalized spacial score (nSPS) is 16.6. The van der Waals surface area contributed by atoms with Crippen molar-refractivity contribution in [3.8, 4) is 0 Å². The fourth-order valence-electron chi connectivity index (χ4n) is 3.90. The Labute approximate surface area is 172 Å². The number of carbonyl (C=O) groups is 2. The minimum absolute atomic E-state index is 0.0581. The predicted octanol–water partition coefficient (Wildman–Crippen LogP) is 3.41. The summed E-state index contributed by atoms with van der Waals surface area (Å²) in [6.45, 7) is 6.58. The lowest BCUT2D eigenvalue weighted by Crippen LogP contribution is -2.49. The van der Waals surface area contributed by atoms with Crippen LogP contribution in [0.25, 0.3) is 0 Å². The molecule has 5 heteroatoms. The summed E-state index contributed by atoms with van der Waals surface area (Å²) < 4.78 is 0. The van der Waals surface area contributed by atoms with Gasteiger partial charge >= 0.3 is 0 Å². The number of carbonyl (C=O) groups excluding carboxylic acids is 2. The Hall–Kier alpha value is -2.82. The monoisotopic (exact) mass is 391 g/mol. The summed E-state index contributed by atoms with van der Waals surface area (Å²) in [4.78, 5) is 31.3. The molecule has 1 saturated heterocycles. The van der Waals surface area contributed by atoms with Crippen molar-refractivity contribution in [2.24, 2.45) is 5.92 Å². The number of piperazine rings is 1. The zero-order chi connectivity index (χ0) is 20.2. The van der Waals surface area contributed by atoms with E-state index in [4.69, 9.17) is 0 Å². The second kappa shape index (κ2) is 8.68. The van der Waals surface area contributed by atoms with E-state index in [0.717, 1.165) is 50.3 Å². The molecule has 0 bridgehead atoms. The van der Waals surface area contributed by atoms with Crippen molar-refractivity contribution in [2.75, 3.05) is 37.6 Å². The van der Waals surface area contributed by atoms with Crippen molar-refractivity contribution in [3.63, 3.8) is 0 Å². The lowest BCUT2D eigenvalue weighted by molar-refractivity contribution is -0.132. The Balaban J connectivity index is 1.35. The van der Waals surface area contributed by atoms with Crippen molar-refractivity contribution in [1.82, 2.24) is 9.80 Å². The first kappa shape index (κ1) is 19.5. The fourth-order valence-corrected chi connectivity index (χ4v) is 3.90. The summed E-state index contributed by atoms with van der Waals surface area (Å²) >= 11 is 0. The van der Waals surface area contributed by atoms with Gasteiger partial charge in [-0.2, -0.15) is 0 Å². The van der Waals surface area contributed by atoms with Crippen molar-refractivity contribution < 1.29 is 9.59 Å². The van der Waals surface area contributed by atoms with Crippen molar-refractivity contribution in [3.05, 3.63) is 65.7 Å². The van der Waals surface area contributed by atoms with Gasteiger partial charge in [-0.1, -0.05) is 30.3 Å². The molecule has 2 fully saturated rings. The lowest BCUT2D eigenvalue weighted by Gasteiger charge is -2.36. The predicted molar refractivity (Wildman–Crippen MR) is 115 cm³/mol. The van der Waals surface area contributed by atoms with Crippen LogP contribution in [0.1, 0.15) is 35.7 Å². The number of hydrogen-bond donors (Lipinski definition) is 0. The van der Waals surface area contributed by atoms with Crippen LogP contribution in [-0.2, 0) is 11.3 Å². The van der Waals surface area contributed by atoms with Crippen molar-refractivity contribution in [2.45, 2.75) is 26.3 Å². The Morgan fingerprint density at radius 3 is 2.17 bits per heavy atom. The highest BCUT2D eigenvalue weighted by Crippen LogP contribution is 2.31. The quantitative estimate of drug-likeness (QED) is 0.758. The SMILES string of the molecule is CCN(Cc1ccccc1)C(=O)c1ccc(N2CCN(C(=O)C3CC3)CC2)cc1. The van der Waals surface area contributed by atoms with E-state index in [2.05, 4.69) is 4.90 Å². The van der Waals surface area contributed by atoms with Gasteiger partial charge in [-0.3, -0.25) is 9.59 Å². The molecule has 0 aromatic heterocycles. The Morgan fingerprint density at radius 1 is 0.931 bits per heavy atom. The molecule has 0 spiro atoms. The topological polar surface area (TPSA) is 43.9 Å². The molecule has 1 aliphatic carbocycles.